The van der Waals surface area contributed by atoms with Crippen LogP contribution in [0.4, 0.5) is 0 Å². The van der Waals surface area contributed by atoms with Gasteiger partial charge in [0.25, 0.3) is 0 Å². The van der Waals surface area contributed by atoms with E-state index in [1.54, 1.807) is 0 Å². The summed E-state index contributed by atoms with van der Waals surface area (Å²) in [6, 6.07) is 0. The Morgan fingerprint density at radius 2 is 0.470 bits per heavy atom. The summed E-state index contributed by atoms with van der Waals surface area (Å²) in [4.78, 5) is 38.1. The molecule has 0 aromatic rings. The van der Waals surface area contributed by atoms with E-state index in [9.17, 15) is 14.4 Å². The summed E-state index contributed by atoms with van der Waals surface area (Å²) in [7, 11) is 0. The molecule has 0 bridgehead atoms. The summed E-state index contributed by atoms with van der Waals surface area (Å²) in [6.45, 7) is 6.51. The van der Waals surface area contributed by atoms with Crippen LogP contribution in [-0.2, 0) is 28.6 Å². The molecular formula is C77H140O6. The summed E-state index contributed by atoms with van der Waals surface area (Å²) in [5.74, 6) is -0.860. The Labute approximate surface area is 517 Å². The van der Waals surface area contributed by atoms with Gasteiger partial charge in [0, 0.05) is 19.3 Å². The van der Waals surface area contributed by atoms with Crippen molar-refractivity contribution in [3.05, 3.63) is 60.8 Å². The molecule has 0 aromatic heterocycles. The average molecular weight is 1160 g/mol. The number of carbonyl (C=O) groups is 3. The SMILES string of the molecule is CC/C=C\C/C=C\C/C=C\C/C=C\CCCCCCCCCCCCCCCCCCC(=O)OC(COC(=O)CCCCCCC)COC(=O)CCCCCCCCCCCCCCCCCCCCC/C=C\CCCCCCCCCC. The number of ether oxygens (including phenoxy) is 3. The van der Waals surface area contributed by atoms with E-state index in [1.165, 1.54) is 263 Å². The molecule has 0 aromatic carbocycles. The first-order valence-corrected chi connectivity index (χ1v) is 36.8. The zero-order valence-corrected chi connectivity index (χ0v) is 55.7. The van der Waals surface area contributed by atoms with Crippen LogP contribution >= 0.6 is 0 Å². The Morgan fingerprint density at radius 1 is 0.253 bits per heavy atom. The second-order valence-corrected chi connectivity index (χ2v) is 24.8. The summed E-state index contributed by atoms with van der Waals surface area (Å²) in [5.41, 5.74) is 0. The lowest BCUT2D eigenvalue weighted by atomic mass is 10.0. The van der Waals surface area contributed by atoms with Crippen molar-refractivity contribution >= 4 is 17.9 Å². The molecule has 0 heterocycles. The molecule has 6 heteroatoms. The molecule has 1 atom stereocenters. The van der Waals surface area contributed by atoms with E-state index in [1.807, 2.05) is 0 Å². The van der Waals surface area contributed by atoms with Gasteiger partial charge in [0.15, 0.2) is 6.10 Å². The molecule has 0 aliphatic heterocycles. The van der Waals surface area contributed by atoms with Crippen LogP contribution < -0.4 is 0 Å². The van der Waals surface area contributed by atoms with Crippen LogP contribution in [0.3, 0.4) is 0 Å². The van der Waals surface area contributed by atoms with E-state index in [2.05, 4.69) is 81.5 Å². The van der Waals surface area contributed by atoms with Gasteiger partial charge in [-0.1, -0.05) is 351 Å². The number of esters is 3. The van der Waals surface area contributed by atoms with E-state index in [0.29, 0.717) is 19.3 Å². The molecule has 0 rings (SSSR count). The van der Waals surface area contributed by atoms with Crippen molar-refractivity contribution in [2.75, 3.05) is 13.2 Å². The Bertz CT molecular complexity index is 1470. The second-order valence-electron chi connectivity index (χ2n) is 24.8. The average Bonchev–Trinajstić information content (AvgIpc) is 3.48. The molecule has 0 N–H and O–H groups in total. The lowest BCUT2D eigenvalue weighted by molar-refractivity contribution is -0.167. The number of allylic oxidation sites excluding steroid dienone is 10. The number of unbranched alkanes of at least 4 members (excludes halogenated alkanes) is 47. The molecule has 0 spiro atoms. The molecule has 0 aliphatic rings. The van der Waals surface area contributed by atoms with Crippen molar-refractivity contribution in [2.24, 2.45) is 0 Å². The van der Waals surface area contributed by atoms with E-state index in [-0.39, 0.29) is 31.1 Å². The quantitative estimate of drug-likeness (QED) is 0.0261. The van der Waals surface area contributed by atoms with Gasteiger partial charge < -0.3 is 14.2 Å². The molecule has 0 radical (unpaired) electrons. The monoisotopic (exact) mass is 1160 g/mol. The molecule has 6 nitrogen and oxygen atoms in total. The Balaban J connectivity index is 3.91. The Kier molecular flexibility index (Phi) is 69.1. The van der Waals surface area contributed by atoms with Gasteiger partial charge in [-0.05, 0) is 83.5 Å². The van der Waals surface area contributed by atoms with E-state index in [4.69, 9.17) is 14.2 Å². The van der Waals surface area contributed by atoms with Gasteiger partial charge in [0.05, 0.1) is 0 Å². The van der Waals surface area contributed by atoms with Crippen LogP contribution in [0.25, 0.3) is 0 Å². The fourth-order valence-electron chi connectivity index (χ4n) is 11.0. The van der Waals surface area contributed by atoms with E-state index >= 15 is 0 Å². The van der Waals surface area contributed by atoms with Crippen LogP contribution in [0.5, 0.6) is 0 Å². The van der Waals surface area contributed by atoms with Crippen LogP contribution in [-0.4, -0.2) is 37.2 Å². The highest BCUT2D eigenvalue weighted by atomic mass is 16.6. The predicted molar refractivity (Wildman–Crippen MR) is 362 cm³/mol. The minimum atomic E-state index is -0.769. The summed E-state index contributed by atoms with van der Waals surface area (Å²) in [5, 5.41) is 0. The zero-order chi connectivity index (χ0) is 59.9. The number of carbonyl (C=O) groups excluding carboxylic acids is 3. The van der Waals surface area contributed by atoms with E-state index < -0.39 is 6.10 Å². The number of hydrogen-bond acceptors (Lipinski definition) is 6. The third-order valence-electron chi connectivity index (χ3n) is 16.5. The lowest BCUT2D eigenvalue weighted by Gasteiger charge is -2.18. The lowest BCUT2D eigenvalue weighted by Crippen LogP contribution is -2.30. The summed E-state index contributed by atoms with van der Waals surface area (Å²) in [6.07, 6.45) is 93.3. The molecule has 0 fully saturated rings. The van der Waals surface area contributed by atoms with Crippen LogP contribution in [0.15, 0.2) is 60.8 Å². The molecule has 0 saturated carbocycles. The van der Waals surface area contributed by atoms with Gasteiger partial charge in [-0.15, -0.1) is 0 Å². The highest BCUT2D eigenvalue weighted by molar-refractivity contribution is 5.71. The minimum Gasteiger partial charge on any atom is -0.462 e. The standard InChI is InChI=1S/C77H140O6/c1-4-7-10-13-15-17-19-21-23-25-27-29-31-33-35-37-38-40-41-43-45-47-49-51-53-55-57-59-61-64-67-70-76(79)82-73-74(72-81-75(78)69-66-63-12-9-6-3)83-77(80)71-68-65-62-60-58-56-54-52-50-48-46-44-42-39-36-34-32-30-28-26-24-22-20-18-16-14-11-8-5-2/h8,11,16,18,22,24-25,27-28,30,74H,4-7,9-10,12-15,17,19-21,23,26,29,31-73H2,1-3H3/b11-8-,18-16-,24-22-,27-25-,30-28-. The third kappa shape index (κ3) is 69.8. The van der Waals surface area contributed by atoms with Gasteiger partial charge in [0.2, 0.25) is 0 Å². The fourth-order valence-corrected chi connectivity index (χ4v) is 11.0. The van der Waals surface area contributed by atoms with Crippen LogP contribution in [0, 0.1) is 0 Å². The van der Waals surface area contributed by atoms with Gasteiger partial charge in [0.1, 0.15) is 13.2 Å². The number of rotatable bonds is 68. The topological polar surface area (TPSA) is 78.9 Å². The Hall–Kier alpha value is -2.89. The molecule has 0 saturated heterocycles. The zero-order valence-electron chi connectivity index (χ0n) is 55.7. The van der Waals surface area contributed by atoms with Crippen molar-refractivity contribution in [1.29, 1.82) is 0 Å². The van der Waals surface area contributed by atoms with Crippen molar-refractivity contribution in [1.82, 2.24) is 0 Å². The predicted octanol–water partition coefficient (Wildman–Crippen LogP) is 25.5. The molecule has 1 unspecified atom stereocenters. The van der Waals surface area contributed by atoms with Crippen molar-refractivity contribution in [3.63, 3.8) is 0 Å². The normalized spacial score (nSPS) is 12.4. The Morgan fingerprint density at radius 3 is 0.747 bits per heavy atom. The first-order chi connectivity index (χ1) is 41.0. The smallest absolute Gasteiger partial charge is 0.306 e. The summed E-state index contributed by atoms with van der Waals surface area (Å²) < 4.78 is 16.8. The maximum atomic E-state index is 12.9. The maximum absolute atomic E-state index is 12.9. The van der Waals surface area contributed by atoms with Crippen molar-refractivity contribution in [2.45, 2.75) is 399 Å². The van der Waals surface area contributed by atoms with Crippen molar-refractivity contribution in [3.8, 4) is 0 Å². The molecule has 0 aliphatic carbocycles. The maximum Gasteiger partial charge on any atom is 0.306 e. The highest BCUT2D eigenvalue weighted by Crippen LogP contribution is 2.19. The largest absolute Gasteiger partial charge is 0.462 e. The first-order valence-electron chi connectivity index (χ1n) is 36.8. The van der Waals surface area contributed by atoms with Gasteiger partial charge >= 0.3 is 17.9 Å². The van der Waals surface area contributed by atoms with Crippen LogP contribution in [0.1, 0.15) is 393 Å². The first kappa shape index (κ1) is 80.1. The highest BCUT2D eigenvalue weighted by Gasteiger charge is 2.19. The van der Waals surface area contributed by atoms with Crippen molar-refractivity contribution < 1.29 is 28.6 Å². The van der Waals surface area contributed by atoms with Gasteiger partial charge in [-0.2, -0.15) is 0 Å². The van der Waals surface area contributed by atoms with Crippen LogP contribution in [0.2, 0.25) is 0 Å². The summed E-state index contributed by atoms with van der Waals surface area (Å²) >= 11 is 0. The van der Waals surface area contributed by atoms with Gasteiger partial charge in [-0.25, -0.2) is 0 Å². The second kappa shape index (κ2) is 71.6. The molecule has 83 heavy (non-hydrogen) atoms. The molecule has 0 amide bonds. The van der Waals surface area contributed by atoms with E-state index in [0.717, 1.165) is 89.9 Å². The van der Waals surface area contributed by atoms with Gasteiger partial charge in [-0.3, -0.25) is 14.4 Å². The minimum absolute atomic E-state index is 0.0688. The fraction of sp³-hybridized carbons (Fsp3) is 0.831. The molecular weight excluding hydrogens is 1020 g/mol. The number of hydrogen-bond donors (Lipinski definition) is 0. The third-order valence-corrected chi connectivity index (χ3v) is 16.5. The molecule has 484 valence electrons.